The highest BCUT2D eigenvalue weighted by Crippen LogP contribution is 2.49. The van der Waals surface area contributed by atoms with Crippen LogP contribution < -0.4 is 14.5 Å². The molecule has 1 aromatic heterocycles. The zero-order valence-electron chi connectivity index (χ0n) is 21.3. The van der Waals surface area contributed by atoms with Gasteiger partial charge in [-0.25, -0.2) is 4.79 Å². The second kappa shape index (κ2) is 11.5. The Morgan fingerprint density at radius 1 is 1.08 bits per heavy atom. The van der Waals surface area contributed by atoms with Gasteiger partial charge in [-0.2, -0.15) is 4.21 Å². The Balaban J connectivity index is 1.47. The largest absolute Gasteiger partial charge is 0.507 e. The lowest BCUT2D eigenvalue weighted by Crippen LogP contribution is -2.20. The lowest BCUT2D eigenvalue weighted by molar-refractivity contribution is 0.345. The first kappa shape index (κ1) is 25.6. The Kier molecular flexibility index (Phi) is 7.99. The number of hydrogen-bond donors (Lipinski definition) is 2. The molecular weight excluding hydrogens is 486 g/mol. The van der Waals surface area contributed by atoms with Crippen LogP contribution in [0.2, 0.25) is 0 Å². The summed E-state index contributed by atoms with van der Waals surface area (Å²) in [7, 11) is 0. The summed E-state index contributed by atoms with van der Waals surface area (Å²) in [5, 5.41) is 11.6. The molecule has 196 valence electrons. The van der Waals surface area contributed by atoms with Gasteiger partial charge >= 0.3 is 16.9 Å². The van der Waals surface area contributed by atoms with Gasteiger partial charge in [-0.3, -0.25) is 4.72 Å². The number of rotatable bonds is 9. The van der Waals surface area contributed by atoms with Gasteiger partial charge in [-0.05, 0) is 74.3 Å². The minimum atomic E-state index is -1.78. The molecule has 0 bridgehead atoms. The molecule has 5 rings (SSSR count). The lowest BCUT2D eigenvalue weighted by atomic mass is 9.82. The van der Waals surface area contributed by atoms with Crippen LogP contribution in [-0.2, 0) is 17.7 Å². The van der Waals surface area contributed by atoms with Crippen molar-refractivity contribution in [2.45, 2.75) is 76.5 Å². The Bertz CT molecular complexity index is 1300. The van der Waals surface area contributed by atoms with Gasteiger partial charge in [-0.15, -0.1) is 0 Å². The van der Waals surface area contributed by atoms with Gasteiger partial charge in [0.15, 0.2) is 0 Å². The molecule has 0 aliphatic heterocycles. The number of nitrogens with one attached hydrogen (secondary N) is 1. The van der Waals surface area contributed by atoms with Gasteiger partial charge in [0, 0.05) is 23.1 Å². The van der Waals surface area contributed by atoms with Crippen LogP contribution >= 0.6 is 0 Å². The smallest absolute Gasteiger partial charge is 0.343 e. The molecule has 1 fully saturated rings. The van der Waals surface area contributed by atoms with Crippen LogP contribution in [0.4, 0.5) is 5.69 Å². The molecule has 37 heavy (non-hydrogen) atoms. The van der Waals surface area contributed by atoms with E-state index in [1.165, 1.54) is 0 Å². The van der Waals surface area contributed by atoms with E-state index in [0.29, 0.717) is 22.8 Å². The van der Waals surface area contributed by atoms with E-state index in [-0.39, 0.29) is 23.5 Å². The molecule has 0 radical (unpaired) electrons. The van der Waals surface area contributed by atoms with Crippen molar-refractivity contribution in [3.8, 4) is 11.5 Å². The predicted molar refractivity (Wildman–Crippen MR) is 146 cm³/mol. The van der Waals surface area contributed by atoms with E-state index in [1.54, 1.807) is 12.1 Å². The van der Waals surface area contributed by atoms with E-state index in [9.17, 15) is 14.1 Å². The number of anilines is 1. The molecule has 1 heterocycles. The van der Waals surface area contributed by atoms with Gasteiger partial charge < -0.3 is 13.7 Å². The molecule has 0 spiro atoms. The first-order valence-corrected chi connectivity index (χ1v) is 14.5. The molecule has 0 amide bonds. The molecule has 6 nitrogen and oxygen atoms in total. The minimum Gasteiger partial charge on any atom is -0.507 e. The zero-order valence-corrected chi connectivity index (χ0v) is 22.1. The predicted octanol–water partition coefficient (Wildman–Crippen LogP) is 6.96. The van der Waals surface area contributed by atoms with E-state index in [0.717, 1.165) is 68.9 Å². The first-order chi connectivity index (χ1) is 18.0. The molecule has 2 aliphatic rings. The summed E-state index contributed by atoms with van der Waals surface area (Å²) in [6.45, 7) is 2.15. The number of aromatic hydroxyl groups is 1. The van der Waals surface area contributed by atoms with Crippen LogP contribution in [0.5, 0.6) is 11.5 Å². The van der Waals surface area contributed by atoms with Crippen molar-refractivity contribution in [3.05, 3.63) is 87.5 Å². The van der Waals surface area contributed by atoms with Gasteiger partial charge in [-0.1, -0.05) is 56.5 Å². The average Bonchev–Trinajstić information content (AvgIpc) is 3.71. The van der Waals surface area contributed by atoms with E-state index in [2.05, 4.69) is 11.6 Å². The topological polar surface area (TPSA) is 88.8 Å². The van der Waals surface area contributed by atoms with Crippen LogP contribution in [0.1, 0.15) is 92.6 Å². The zero-order chi connectivity index (χ0) is 25.8. The van der Waals surface area contributed by atoms with Crippen LogP contribution in [0, 0.1) is 5.92 Å². The SMILES string of the molecule is CCCC1CCCCCc2c1oc(=O)c(C(c1cccc(NS(=O)Oc3ccccc3)c1)C1CC1)c2O. The highest BCUT2D eigenvalue weighted by molar-refractivity contribution is 7.81. The normalized spacial score (nSPS) is 19.2. The average molecular weight is 522 g/mol. The second-order valence-corrected chi connectivity index (χ2v) is 11.1. The van der Waals surface area contributed by atoms with Crippen molar-refractivity contribution in [1.82, 2.24) is 0 Å². The van der Waals surface area contributed by atoms with Crippen LogP contribution in [-0.4, -0.2) is 9.32 Å². The van der Waals surface area contributed by atoms with Gasteiger partial charge in [0.25, 0.3) is 0 Å². The third-order valence-corrected chi connectivity index (χ3v) is 8.26. The van der Waals surface area contributed by atoms with E-state index in [1.807, 2.05) is 42.5 Å². The maximum atomic E-state index is 13.5. The maximum Gasteiger partial charge on any atom is 0.343 e. The molecule has 2 aliphatic carbocycles. The lowest BCUT2D eigenvalue weighted by Gasteiger charge is -2.25. The van der Waals surface area contributed by atoms with Gasteiger partial charge in [0.05, 0.1) is 5.56 Å². The number of para-hydroxylation sites is 1. The second-order valence-electron chi connectivity index (χ2n) is 10.3. The Morgan fingerprint density at radius 2 is 1.89 bits per heavy atom. The van der Waals surface area contributed by atoms with Gasteiger partial charge in [0.2, 0.25) is 0 Å². The van der Waals surface area contributed by atoms with E-state index < -0.39 is 16.9 Å². The molecule has 3 unspecified atom stereocenters. The highest BCUT2D eigenvalue weighted by atomic mass is 32.2. The van der Waals surface area contributed by atoms with Crippen molar-refractivity contribution in [1.29, 1.82) is 0 Å². The van der Waals surface area contributed by atoms with E-state index in [4.69, 9.17) is 8.60 Å². The monoisotopic (exact) mass is 521 g/mol. The summed E-state index contributed by atoms with van der Waals surface area (Å²) in [6.07, 6.45) is 8.88. The van der Waals surface area contributed by atoms with Crippen molar-refractivity contribution >= 4 is 17.0 Å². The summed E-state index contributed by atoms with van der Waals surface area (Å²) in [5.74, 6) is 1.49. The molecule has 2 aromatic carbocycles. The van der Waals surface area contributed by atoms with Crippen molar-refractivity contribution < 1.29 is 17.9 Å². The summed E-state index contributed by atoms with van der Waals surface area (Å²) in [4.78, 5) is 13.5. The third-order valence-electron chi connectivity index (χ3n) is 7.51. The molecule has 0 saturated heterocycles. The number of benzene rings is 2. The van der Waals surface area contributed by atoms with Crippen molar-refractivity contribution in [2.24, 2.45) is 5.92 Å². The summed E-state index contributed by atoms with van der Waals surface area (Å²) in [6, 6.07) is 16.5. The first-order valence-electron chi connectivity index (χ1n) is 13.5. The molecule has 3 atom stereocenters. The highest BCUT2D eigenvalue weighted by Gasteiger charge is 2.39. The molecule has 1 saturated carbocycles. The third kappa shape index (κ3) is 5.93. The fraction of sp³-hybridized carbons (Fsp3) is 0.433. The fourth-order valence-corrected chi connectivity index (χ4v) is 6.29. The Morgan fingerprint density at radius 3 is 2.65 bits per heavy atom. The van der Waals surface area contributed by atoms with Crippen molar-refractivity contribution in [2.75, 3.05) is 4.72 Å². The van der Waals surface area contributed by atoms with Crippen LogP contribution in [0.25, 0.3) is 0 Å². The van der Waals surface area contributed by atoms with Crippen LogP contribution in [0.3, 0.4) is 0 Å². The quantitative estimate of drug-likeness (QED) is 0.318. The standard InChI is InChI=1S/C30H35NO5S/c1-2-10-21-11-5-3-8-16-25-28(32)27(30(33)35-29(21)25)26(20-17-18-20)22-12-9-13-23(19-22)31-37(34)36-24-14-6-4-7-15-24/h4,6-7,9,12-15,19-21,26,31-32H,2-3,5,8,10-11,16-18H2,1H3. The van der Waals surface area contributed by atoms with E-state index >= 15 is 0 Å². The fourth-order valence-electron chi connectivity index (χ4n) is 5.64. The summed E-state index contributed by atoms with van der Waals surface area (Å²) < 4.78 is 27.0. The van der Waals surface area contributed by atoms with Crippen molar-refractivity contribution in [3.63, 3.8) is 0 Å². The molecule has 7 heteroatoms. The summed E-state index contributed by atoms with van der Waals surface area (Å²) >= 11 is -1.78. The number of hydrogen-bond acceptors (Lipinski definition) is 5. The minimum absolute atomic E-state index is 0.125. The molecule has 2 N–H and O–H groups in total. The molecule has 3 aromatic rings. The van der Waals surface area contributed by atoms with Crippen LogP contribution in [0.15, 0.2) is 63.8 Å². The maximum absolute atomic E-state index is 13.5. The molecular formula is C30H35NO5S. The van der Waals surface area contributed by atoms with Gasteiger partial charge in [0.1, 0.15) is 17.3 Å². The number of fused-ring (bicyclic) bond motifs is 1. The Labute approximate surface area is 220 Å². The summed E-state index contributed by atoms with van der Waals surface area (Å²) in [5.41, 5.74) is 2.28. The Hall–Kier alpha value is -3.06.